The molecule has 2 rings (SSSR count). The van der Waals surface area contributed by atoms with Gasteiger partial charge < -0.3 is 96.4 Å². The quantitative estimate of drug-likeness (QED) is 0.00650. The fraction of sp³-hybridized carbons (Fsp3) is 0.810. The van der Waals surface area contributed by atoms with Crippen molar-refractivity contribution in [1.29, 1.82) is 0 Å². The molecule has 0 aromatic carbocycles. The van der Waals surface area contributed by atoms with Gasteiger partial charge in [0.05, 0.1) is 27.3 Å². The number of carbonyl (C=O) groups is 6. The molecule has 0 aromatic heterocycles. The highest BCUT2D eigenvalue weighted by Gasteiger charge is 2.51. The van der Waals surface area contributed by atoms with Crippen LogP contribution < -0.4 is 23.0 Å². The van der Waals surface area contributed by atoms with Crippen molar-refractivity contribution >= 4 is 35.7 Å². The number of likely N-dealkylation sites (N-methyl/N-ethyl adjacent to an activating group) is 1. The Morgan fingerprint density at radius 1 is 0.758 bits per heavy atom. The summed E-state index contributed by atoms with van der Waals surface area (Å²) in [6.07, 6.45) is -5.95. The molecule has 9 N–H and O–H groups in total. The minimum atomic E-state index is -1.92. The molecular formula is C42H72ClN3O20. The van der Waals surface area contributed by atoms with Crippen molar-refractivity contribution < 1.29 is 115 Å². The summed E-state index contributed by atoms with van der Waals surface area (Å²) in [4.78, 5) is 72.8. The van der Waals surface area contributed by atoms with Gasteiger partial charge >= 0.3 is 23.9 Å². The van der Waals surface area contributed by atoms with E-state index in [1.165, 1.54) is 6.92 Å². The molecule has 2 fully saturated rings. The van der Waals surface area contributed by atoms with E-state index in [-0.39, 0.29) is 42.2 Å². The Hall–Kier alpha value is -3.75. The summed E-state index contributed by atoms with van der Waals surface area (Å²) >= 11 is 0. The number of ether oxygens (including phenoxy) is 7. The van der Waals surface area contributed by atoms with E-state index in [0.717, 1.165) is 45.4 Å². The number of nitrogens with zero attached hydrogens (tertiary/aromatic N) is 1. The van der Waals surface area contributed by atoms with E-state index < -0.39 is 130 Å². The summed E-state index contributed by atoms with van der Waals surface area (Å²) in [7, 11) is 3.64. The van der Waals surface area contributed by atoms with Crippen LogP contribution in [0.3, 0.4) is 0 Å². The first kappa shape index (κ1) is 60.3. The highest BCUT2D eigenvalue weighted by Crippen LogP contribution is 2.29. The average molecular weight is 974 g/mol. The molecule has 2 aliphatic rings. The first-order valence-corrected chi connectivity index (χ1v) is 22.0. The number of carbonyl (C=O) groups excluding carboxylic acids is 6. The maximum atomic E-state index is 12.7. The number of amides is 2. The van der Waals surface area contributed by atoms with Gasteiger partial charge in [-0.25, -0.2) is 4.79 Å². The van der Waals surface area contributed by atoms with Crippen molar-refractivity contribution in [1.82, 2.24) is 10.6 Å². The van der Waals surface area contributed by atoms with Crippen molar-refractivity contribution in [3.05, 3.63) is 11.8 Å². The number of esters is 4. The number of quaternary nitrogens is 1. The third-order valence-corrected chi connectivity index (χ3v) is 10.7. The third kappa shape index (κ3) is 21.9. The van der Waals surface area contributed by atoms with Gasteiger partial charge in [-0.05, 0) is 38.2 Å². The van der Waals surface area contributed by atoms with Crippen molar-refractivity contribution in [2.45, 2.75) is 165 Å². The van der Waals surface area contributed by atoms with E-state index in [1.807, 2.05) is 14.1 Å². The molecule has 382 valence electrons. The van der Waals surface area contributed by atoms with Crippen LogP contribution in [0.2, 0.25) is 0 Å². The molecule has 2 aliphatic heterocycles. The number of halogens is 1. The fourth-order valence-electron chi connectivity index (χ4n) is 7.03. The molecule has 0 bridgehead atoms. The predicted octanol–water partition coefficient (Wildman–Crippen LogP) is -4.39. The maximum Gasteiger partial charge on any atom is 0.362 e. The molecule has 66 heavy (non-hydrogen) atoms. The van der Waals surface area contributed by atoms with Crippen molar-refractivity contribution in [2.24, 2.45) is 0 Å². The number of rotatable bonds is 29. The van der Waals surface area contributed by atoms with Gasteiger partial charge in [-0.1, -0.05) is 39.0 Å². The molecule has 23 nitrogen and oxygen atoms in total. The summed E-state index contributed by atoms with van der Waals surface area (Å²) in [5.74, 6) is -4.33. The Bertz CT molecular complexity index is 1540. The highest BCUT2D eigenvalue weighted by molar-refractivity contribution is 5.94. The standard InChI is InChI=1S/C42H71N3O20.ClH/c1-6-7-12-16-28(62-34(54)21-45(4,5)18-19-59-26(3)49)27(50)15-13-10-8-9-11-14-17-32(52)60-24-61-33(53)20-31(51)44-35-39(57)40(30(23-47)63-41(35)58)65-42-36(43-25(2)48)38(56)37(55)29(22-46)64-42;/h15,28-30,35-42,46-47,55-58H,6-14,16-24H2,1-5H3,(H2-,43,44,48,50,51);1H/b27-15+;/t28?,29?,30?,35-,36-,37+,38?,39?,40+,41+,42-;/m1./s1. The molecule has 11 atom stereocenters. The number of allylic oxidation sites excluding steroid dienone is 1. The smallest absolute Gasteiger partial charge is 0.362 e. The zero-order valence-corrected chi connectivity index (χ0v) is 39.2. The van der Waals surface area contributed by atoms with Gasteiger partial charge in [0.25, 0.3) is 0 Å². The number of hydrogen-bond acceptors (Lipinski definition) is 20. The van der Waals surface area contributed by atoms with Crippen LogP contribution in [0.1, 0.15) is 97.8 Å². The molecular weight excluding hydrogens is 902 g/mol. The average Bonchev–Trinajstić information content (AvgIpc) is 3.22. The number of unbranched alkanes of at least 4 members (excludes halogenated alkanes) is 7. The Balaban J connectivity index is 0.0000218. The van der Waals surface area contributed by atoms with Crippen LogP contribution in [0, 0.1) is 0 Å². The van der Waals surface area contributed by atoms with Crippen molar-refractivity contribution in [2.75, 3.05) is 53.8 Å². The van der Waals surface area contributed by atoms with E-state index in [2.05, 4.69) is 17.6 Å². The lowest BCUT2D eigenvalue weighted by Gasteiger charge is -2.47. The lowest BCUT2D eigenvalue weighted by atomic mass is 9.94. The van der Waals surface area contributed by atoms with E-state index in [9.17, 15) is 64.5 Å². The minimum absolute atomic E-state index is 0. The fourth-order valence-corrected chi connectivity index (χ4v) is 7.03. The normalized spacial score (nSPS) is 26.0. The number of aliphatic hydroxyl groups is 7. The second-order valence-corrected chi connectivity index (χ2v) is 16.8. The van der Waals surface area contributed by atoms with Gasteiger partial charge in [-0.2, -0.15) is 0 Å². The first-order valence-electron chi connectivity index (χ1n) is 22.0. The Morgan fingerprint density at radius 3 is 2.05 bits per heavy atom. The van der Waals surface area contributed by atoms with Crippen LogP contribution in [0.4, 0.5) is 0 Å². The topological polar surface area (TPSA) is 333 Å². The number of aliphatic hydroxyl groups excluding tert-OH is 7. The summed E-state index contributed by atoms with van der Waals surface area (Å²) in [6, 6.07) is -3.09. The van der Waals surface area contributed by atoms with Crippen LogP contribution in [0.25, 0.3) is 0 Å². The Labute approximate surface area is 391 Å². The van der Waals surface area contributed by atoms with E-state index >= 15 is 0 Å². The second kappa shape index (κ2) is 31.3. The highest BCUT2D eigenvalue weighted by atomic mass is 35.5. The van der Waals surface area contributed by atoms with Crippen LogP contribution in [0.15, 0.2) is 11.8 Å². The molecule has 0 spiro atoms. The van der Waals surface area contributed by atoms with Crippen LogP contribution in [-0.4, -0.2) is 197 Å². The molecule has 2 saturated heterocycles. The molecule has 0 aliphatic carbocycles. The van der Waals surface area contributed by atoms with Gasteiger partial charge in [-0.15, -0.1) is 0 Å². The van der Waals surface area contributed by atoms with E-state index in [4.69, 9.17) is 33.2 Å². The number of hydrogen-bond donors (Lipinski definition) is 9. The summed E-state index contributed by atoms with van der Waals surface area (Å²) in [5.41, 5.74) is 0. The Morgan fingerprint density at radius 2 is 1.41 bits per heavy atom. The molecule has 0 saturated carbocycles. The second-order valence-electron chi connectivity index (χ2n) is 16.8. The predicted molar refractivity (Wildman–Crippen MR) is 223 cm³/mol. The van der Waals surface area contributed by atoms with Crippen LogP contribution in [-0.2, 0) is 61.9 Å². The van der Waals surface area contributed by atoms with Gasteiger partial charge in [-0.3, -0.25) is 24.0 Å². The Kier molecular flexibility index (Phi) is 28.6. The van der Waals surface area contributed by atoms with Crippen LogP contribution in [0.5, 0.6) is 0 Å². The molecule has 0 aromatic rings. The van der Waals surface area contributed by atoms with Gasteiger partial charge in [0.2, 0.25) is 18.6 Å². The summed E-state index contributed by atoms with van der Waals surface area (Å²) < 4.78 is 37.2. The lowest BCUT2D eigenvalue weighted by Crippen LogP contribution is -3.00. The molecule has 2 heterocycles. The SMILES string of the molecule is CCCCCC(OC(=O)C[N+](C)(C)CCOC(C)=O)/C(O)=C\CCCCCCCC(=O)OCOC(=O)CC(=O)N[C@@H]1C(O)[C@@H](O[C@H]2OC(CO)[C@H](O)C(O)[C@H]2NC(C)=O)C(CO)O[C@@H]1O.[Cl-]. The summed E-state index contributed by atoms with van der Waals surface area (Å²) in [5, 5.41) is 77.3. The minimum Gasteiger partial charge on any atom is -1.00 e. The maximum absolute atomic E-state index is 12.7. The van der Waals surface area contributed by atoms with E-state index in [0.29, 0.717) is 32.2 Å². The zero-order chi connectivity index (χ0) is 48.7. The largest absolute Gasteiger partial charge is 1.00 e. The van der Waals surface area contributed by atoms with Gasteiger partial charge in [0, 0.05) is 20.3 Å². The number of nitrogens with one attached hydrogen (secondary N) is 2. The summed E-state index contributed by atoms with van der Waals surface area (Å²) in [6.45, 7) is 2.74. The van der Waals surface area contributed by atoms with Crippen LogP contribution >= 0.6 is 0 Å². The zero-order valence-electron chi connectivity index (χ0n) is 38.4. The van der Waals surface area contributed by atoms with Gasteiger partial charge in [0.15, 0.2) is 25.2 Å². The lowest BCUT2D eigenvalue weighted by molar-refractivity contribution is -0.883. The van der Waals surface area contributed by atoms with Crippen molar-refractivity contribution in [3.8, 4) is 0 Å². The van der Waals surface area contributed by atoms with Gasteiger partial charge in [0.1, 0.15) is 74.0 Å². The third-order valence-electron chi connectivity index (χ3n) is 10.7. The molecule has 0 radical (unpaired) electrons. The molecule has 5 unspecified atom stereocenters. The molecule has 2 amide bonds. The van der Waals surface area contributed by atoms with Crippen molar-refractivity contribution in [3.63, 3.8) is 0 Å². The molecule has 24 heteroatoms. The van der Waals surface area contributed by atoms with E-state index in [1.54, 1.807) is 6.08 Å². The monoisotopic (exact) mass is 973 g/mol. The first-order chi connectivity index (χ1) is 30.7.